The van der Waals surface area contributed by atoms with Gasteiger partial charge >= 0.3 is 0 Å². The number of nitriles is 1. The first-order valence-electron chi connectivity index (χ1n) is 6.96. The van der Waals surface area contributed by atoms with E-state index in [0.29, 0.717) is 42.1 Å². The lowest BCUT2D eigenvalue weighted by Crippen LogP contribution is -2.12. The van der Waals surface area contributed by atoms with Crippen molar-refractivity contribution in [3.05, 3.63) is 54.1 Å². The van der Waals surface area contributed by atoms with Crippen molar-refractivity contribution >= 4 is 17.3 Å². The fraction of sp³-hybridized carbons (Fsp3) is 0.176. The number of amides is 1. The molecule has 0 aliphatic heterocycles. The molecule has 0 aliphatic rings. The van der Waals surface area contributed by atoms with Gasteiger partial charge in [0, 0.05) is 17.8 Å². The molecule has 1 amide bonds. The van der Waals surface area contributed by atoms with E-state index in [1.807, 2.05) is 0 Å². The topological polar surface area (TPSA) is 88.1 Å². The second kappa shape index (κ2) is 7.70. The number of carbonyl (C=O) groups excluding carboxylic acids is 1. The average molecular weight is 295 g/mol. The summed E-state index contributed by atoms with van der Waals surface area (Å²) in [6.07, 6.45) is 0.942. The van der Waals surface area contributed by atoms with Crippen LogP contribution in [0.5, 0.6) is 5.75 Å². The van der Waals surface area contributed by atoms with Crippen molar-refractivity contribution in [2.75, 3.05) is 17.7 Å². The number of nitrogens with one attached hydrogen (secondary N) is 1. The van der Waals surface area contributed by atoms with Crippen LogP contribution >= 0.6 is 0 Å². The van der Waals surface area contributed by atoms with Gasteiger partial charge in [0.25, 0.3) is 0 Å². The molecule has 0 radical (unpaired) electrons. The van der Waals surface area contributed by atoms with Gasteiger partial charge < -0.3 is 15.8 Å². The Morgan fingerprint density at radius 1 is 1.23 bits per heavy atom. The minimum absolute atomic E-state index is 0.0834. The minimum atomic E-state index is -0.0834. The molecule has 5 nitrogen and oxygen atoms in total. The molecule has 2 aromatic rings. The Morgan fingerprint density at radius 2 is 2.05 bits per heavy atom. The van der Waals surface area contributed by atoms with Gasteiger partial charge in [0.15, 0.2) is 0 Å². The van der Waals surface area contributed by atoms with Gasteiger partial charge in [0.05, 0.1) is 18.2 Å². The summed E-state index contributed by atoms with van der Waals surface area (Å²) in [5.74, 6) is 0.551. The van der Waals surface area contributed by atoms with E-state index in [1.54, 1.807) is 48.5 Å². The standard InChI is InChI=1S/C17H17N3O2/c18-12-13-4-1-7-16(10-13)22-9-3-8-17(21)20-15-6-2-5-14(19)11-15/h1-2,4-7,10-11H,3,8-9,19H2,(H,20,21). The fourth-order valence-corrected chi connectivity index (χ4v) is 1.92. The molecule has 112 valence electrons. The highest BCUT2D eigenvalue weighted by Gasteiger charge is 2.03. The number of nitrogens with two attached hydrogens (primary N) is 1. The monoisotopic (exact) mass is 295 g/mol. The second-order valence-corrected chi connectivity index (χ2v) is 4.77. The lowest BCUT2D eigenvalue weighted by molar-refractivity contribution is -0.116. The summed E-state index contributed by atoms with van der Waals surface area (Å²) >= 11 is 0. The largest absolute Gasteiger partial charge is 0.494 e. The zero-order valence-corrected chi connectivity index (χ0v) is 12.1. The summed E-state index contributed by atoms with van der Waals surface area (Å²) in [4.78, 5) is 11.8. The molecule has 0 saturated heterocycles. The number of ether oxygens (including phenoxy) is 1. The zero-order valence-electron chi connectivity index (χ0n) is 12.1. The van der Waals surface area contributed by atoms with Crippen LogP contribution in [0, 0.1) is 11.3 Å². The predicted molar refractivity (Wildman–Crippen MR) is 85.4 cm³/mol. The zero-order chi connectivity index (χ0) is 15.8. The molecule has 2 rings (SSSR count). The maximum absolute atomic E-state index is 11.8. The average Bonchev–Trinajstić information content (AvgIpc) is 2.52. The van der Waals surface area contributed by atoms with Crippen molar-refractivity contribution in [1.82, 2.24) is 0 Å². The Morgan fingerprint density at radius 3 is 2.82 bits per heavy atom. The summed E-state index contributed by atoms with van der Waals surface area (Å²) in [7, 11) is 0. The van der Waals surface area contributed by atoms with Crippen LogP contribution in [0.1, 0.15) is 18.4 Å². The Kier molecular flexibility index (Phi) is 5.38. The lowest BCUT2D eigenvalue weighted by Gasteiger charge is -2.07. The van der Waals surface area contributed by atoms with Gasteiger partial charge in [-0.2, -0.15) is 5.26 Å². The van der Waals surface area contributed by atoms with Gasteiger partial charge in [0.1, 0.15) is 5.75 Å². The van der Waals surface area contributed by atoms with E-state index in [2.05, 4.69) is 11.4 Å². The van der Waals surface area contributed by atoms with Crippen molar-refractivity contribution in [3.8, 4) is 11.8 Å². The van der Waals surface area contributed by atoms with Crippen LogP contribution in [-0.4, -0.2) is 12.5 Å². The fourth-order valence-electron chi connectivity index (χ4n) is 1.92. The third kappa shape index (κ3) is 4.84. The smallest absolute Gasteiger partial charge is 0.224 e. The lowest BCUT2D eigenvalue weighted by atomic mass is 10.2. The van der Waals surface area contributed by atoms with Crippen LogP contribution in [0.3, 0.4) is 0 Å². The number of hydrogen-bond donors (Lipinski definition) is 2. The summed E-state index contributed by atoms with van der Waals surface area (Å²) in [5, 5.41) is 11.6. The van der Waals surface area contributed by atoms with Crippen molar-refractivity contribution in [1.29, 1.82) is 5.26 Å². The molecular formula is C17H17N3O2. The van der Waals surface area contributed by atoms with E-state index in [1.165, 1.54) is 0 Å². The molecule has 5 heteroatoms. The molecule has 3 N–H and O–H groups in total. The Labute approximate surface area is 129 Å². The normalized spacial score (nSPS) is 9.77. The molecule has 0 heterocycles. The molecule has 0 bridgehead atoms. The number of benzene rings is 2. The summed E-state index contributed by atoms with van der Waals surface area (Å²) < 4.78 is 5.52. The molecule has 0 aromatic heterocycles. The van der Waals surface area contributed by atoms with Crippen LogP contribution in [0.4, 0.5) is 11.4 Å². The van der Waals surface area contributed by atoms with Crippen LogP contribution in [0.15, 0.2) is 48.5 Å². The highest BCUT2D eigenvalue weighted by Crippen LogP contribution is 2.14. The second-order valence-electron chi connectivity index (χ2n) is 4.77. The molecule has 0 spiro atoms. The summed E-state index contributed by atoms with van der Waals surface area (Å²) in [6, 6.07) is 16.0. The SMILES string of the molecule is N#Cc1cccc(OCCCC(=O)Nc2cccc(N)c2)c1. The van der Waals surface area contributed by atoms with Gasteiger partial charge in [-0.05, 0) is 42.8 Å². The van der Waals surface area contributed by atoms with Gasteiger partial charge in [-0.3, -0.25) is 4.79 Å². The summed E-state index contributed by atoms with van der Waals surface area (Å²) in [5.41, 5.74) is 7.50. The molecule has 0 atom stereocenters. The molecular weight excluding hydrogens is 278 g/mol. The minimum Gasteiger partial charge on any atom is -0.494 e. The van der Waals surface area contributed by atoms with Gasteiger partial charge in [0.2, 0.25) is 5.91 Å². The number of anilines is 2. The van der Waals surface area contributed by atoms with Gasteiger partial charge in [-0.1, -0.05) is 12.1 Å². The number of nitrogen functional groups attached to an aromatic ring is 1. The molecule has 0 fully saturated rings. The maximum atomic E-state index is 11.8. The predicted octanol–water partition coefficient (Wildman–Crippen LogP) is 2.94. The van der Waals surface area contributed by atoms with Gasteiger partial charge in [-0.15, -0.1) is 0 Å². The van der Waals surface area contributed by atoms with E-state index in [-0.39, 0.29) is 5.91 Å². The van der Waals surface area contributed by atoms with Crippen LogP contribution < -0.4 is 15.8 Å². The van der Waals surface area contributed by atoms with Crippen LogP contribution in [0.2, 0.25) is 0 Å². The Balaban J connectivity index is 1.72. The van der Waals surface area contributed by atoms with Crippen molar-refractivity contribution < 1.29 is 9.53 Å². The Bertz CT molecular complexity index is 692. The number of carbonyl (C=O) groups is 1. The number of rotatable bonds is 6. The highest BCUT2D eigenvalue weighted by atomic mass is 16.5. The van der Waals surface area contributed by atoms with Crippen molar-refractivity contribution in [2.24, 2.45) is 0 Å². The highest BCUT2D eigenvalue weighted by molar-refractivity contribution is 5.91. The van der Waals surface area contributed by atoms with E-state index in [4.69, 9.17) is 15.7 Å². The van der Waals surface area contributed by atoms with E-state index < -0.39 is 0 Å². The van der Waals surface area contributed by atoms with Crippen molar-refractivity contribution in [3.63, 3.8) is 0 Å². The van der Waals surface area contributed by atoms with E-state index >= 15 is 0 Å². The van der Waals surface area contributed by atoms with Crippen LogP contribution in [0.25, 0.3) is 0 Å². The molecule has 0 aliphatic carbocycles. The molecule has 0 unspecified atom stereocenters. The van der Waals surface area contributed by atoms with E-state index in [9.17, 15) is 4.79 Å². The van der Waals surface area contributed by atoms with E-state index in [0.717, 1.165) is 0 Å². The Hall–Kier alpha value is -3.00. The van der Waals surface area contributed by atoms with Gasteiger partial charge in [-0.25, -0.2) is 0 Å². The third-order valence-electron chi connectivity index (χ3n) is 2.95. The third-order valence-corrected chi connectivity index (χ3v) is 2.95. The number of nitrogens with zero attached hydrogens (tertiary/aromatic N) is 1. The molecule has 0 saturated carbocycles. The first kappa shape index (κ1) is 15.4. The quantitative estimate of drug-likeness (QED) is 0.633. The first-order valence-corrected chi connectivity index (χ1v) is 6.96. The number of hydrogen-bond acceptors (Lipinski definition) is 4. The van der Waals surface area contributed by atoms with Crippen molar-refractivity contribution in [2.45, 2.75) is 12.8 Å². The maximum Gasteiger partial charge on any atom is 0.224 e. The summed E-state index contributed by atoms with van der Waals surface area (Å²) in [6.45, 7) is 0.416. The van der Waals surface area contributed by atoms with Crippen LogP contribution in [-0.2, 0) is 4.79 Å². The molecule has 22 heavy (non-hydrogen) atoms. The first-order chi connectivity index (χ1) is 10.7. The molecule has 2 aromatic carbocycles.